The third kappa shape index (κ3) is 2.81. The van der Waals surface area contributed by atoms with Gasteiger partial charge in [0.05, 0.1) is 0 Å². The quantitative estimate of drug-likeness (QED) is 0.826. The maximum atomic E-state index is 12.0. The summed E-state index contributed by atoms with van der Waals surface area (Å²) < 4.78 is 0. The molecule has 0 fully saturated rings. The number of carbonyl (C=O) groups excluding carboxylic acids is 1. The van der Waals surface area contributed by atoms with Crippen molar-refractivity contribution in [3.05, 3.63) is 11.6 Å². The van der Waals surface area contributed by atoms with E-state index in [0.29, 0.717) is 6.54 Å². The first-order valence-electron chi connectivity index (χ1n) is 5.82. The average Bonchev–Trinajstić information content (AvgIpc) is 2.67. The predicted molar refractivity (Wildman–Crippen MR) is 62.2 cm³/mol. The molecular formula is C11H20N4O. The predicted octanol–water partition coefficient (Wildman–Crippen LogP) is 1.63. The number of amides is 1. The van der Waals surface area contributed by atoms with E-state index in [4.69, 9.17) is 0 Å². The van der Waals surface area contributed by atoms with Crippen LogP contribution in [0, 0.1) is 0 Å². The van der Waals surface area contributed by atoms with Crippen LogP contribution in [0.4, 0.5) is 0 Å². The van der Waals surface area contributed by atoms with E-state index in [0.717, 1.165) is 18.7 Å². The number of hydrogen-bond donors (Lipinski definition) is 1. The maximum absolute atomic E-state index is 12.0. The summed E-state index contributed by atoms with van der Waals surface area (Å²) in [5.74, 6) is 0.959. The number of aromatic amines is 1. The molecule has 0 aliphatic heterocycles. The Morgan fingerprint density at radius 2 is 2.12 bits per heavy atom. The summed E-state index contributed by atoms with van der Waals surface area (Å²) in [4.78, 5) is 18.0. The van der Waals surface area contributed by atoms with Crippen molar-refractivity contribution in [3.63, 3.8) is 0 Å². The van der Waals surface area contributed by atoms with Crippen LogP contribution in [0.25, 0.3) is 0 Å². The third-order valence-corrected chi connectivity index (χ3v) is 2.43. The van der Waals surface area contributed by atoms with Gasteiger partial charge in [0.1, 0.15) is 5.82 Å². The van der Waals surface area contributed by atoms with Gasteiger partial charge >= 0.3 is 0 Å². The summed E-state index contributed by atoms with van der Waals surface area (Å²) in [6, 6.07) is 0.172. The van der Waals surface area contributed by atoms with E-state index in [-0.39, 0.29) is 17.8 Å². The van der Waals surface area contributed by atoms with Crippen molar-refractivity contribution in [1.29, 1.82) is 0 Å². The number of aromatic nitrogens is 3. The second-order valence-corrected chi connectivity index (χ2v) is 4.04. The summed E-state index contributed by atoms with van der Waals surface area (Å²) in [6.07, 6.45) is 1.82. The van der Waals surface area contributed by atoms with Crippen molar-refractivity contribution in [2.75, 3.05) is 6.54 Å². The maximum Gasteiger partial charge on any atom is 0.293 e. The fraction of sp³-hybridized carbons (Fsp3) is 0.727. The molecule has 5 heteroatoms. The number of H-pyrrole nitrogens is 1. The lowest BCUT2D eigenvalue weighted by Gasteiger charge is -2.23. The number of aryl methyl sites for hydroxylation is 1. The second-order valence-electron chi connectivity index (χ2n) is 4.04. The van der Waals surface area contributed by atoms with Crippen LogP contribution in [0.15, 0.2) is 0 Å². The highest BCUT2D eigenvalue weighted by molar-refractivity contribution is 5.90. The van der Waals surface area contributed by atoms with E-state index in [1.54, 1.807) is 4.90 Å². The topological polar surface area (TPSA) is 61.9 Å². The van der Waals surface area contributed by atoms with Gasteiger partial charge in [-0.25, -0.2) is 4.98 Å². The fourth-order valence-corrected chi connectivity index (χ4v) is 1.61. The van der Waals surface area contributed by atoms with Gasteiger partial charge in [0, 0.05) is 19.0 Å². The van der Waals surface area contributed by atoms with Crippen LogP contribution in [-0.2, 0) is 6.42 Å². The van der Waals surface area contributed by atoms with E-state index in [9.17, 15) is 4.79 Å². The Morgan fingerprint density at radius 3 is 2.62 bits per heavy atom. The molecule has 0 spiro atoms. The molecule has 0 aromatic carbocycles. The molecule has 1 rings (SSSR count). The monoisotopic (exact) mass is 224 g/mol. The van der Waals surface area contributed by atoms with E-state index >= 15 is 0 Å². The number of nitrogens with zero attached hydrogens (tertiary/aromatic N) is 3. The molecule has 0 atom stereocenters. The number of carbonyl (C=O) groups is 1. The first-order valence-corrected chi connectivity index (χ1v) is 5.82. The molecule has 1 N–H and O–H groups in total. The molecule has 0 bridgehead atoms. The zero-order valence-corrected chi connectivity index (χ0v) is 10.4. The Labute approximate surface area is 96.3 Å². The Bertz CT molecular complexity index is 346. The summed E-state index contributed by atoms with van der Waals surface area (Å²) in [5.41, 5.74) is 0. The Balaban J connectivity index is 2.78. The van der Waals surface area contributed by atoms with Gasteiger partial charge in [0.2, 0.25) is 5.82 Å². The van der Waals surface area contributed by atoms with E-state index in [2.05, 4.69) is 22.1 Å². The normalized spacial score (nSPS) is 10.8. The van der Waals surface area contributed by atoms with Gasteiger partial charge in [0.15, 0.2) is 0 Å². The van der Waals surface area contributed by atoms with Gasteiger partial charge in [-0.05, 0) is 27.2 Å². The van der Waals surface area contributed by atoms with Crippen LogP contribution < -0.4 is 0 Å². The van der Waals surface area contributed by atoms with Gasteiger partial charge < -0.3 is 4.90 Å². The lowest BCUT2D eigenvalue weighted by atomic mass is 10.3. The molecule has 0 radical (unpaired) electrons. The van der Waals surface area contributed by atoms with Gasteiger partial charge in [-0.15, -0.1) is 5.10 Å². The minimum atomic E-state index is -0.101. The molecule has 16 heavy (non-hydrogen) atoms. The van der Waals surface area contributed by atoms with Crippen molar-refractivity contribution in [2.45, 2.75) is 46.6 Å². The number of hydrogen-bond acceptors (Lipinski definition) is 3. The highest BCUT2D eigenvalue weighted by Gasteiger charge is 2.20. The van der Waals surface area contributed by atoms with Crippen molar-refractivity contribution in [2.24, 2.45) is 0 Å². The molecule has 1 heterocycles. The summed E-state index contributed by atoms with van der Waals surface area (Å²) in [5, 5.41) is 6.76. The van der Waals surface area contributed by atoms with E-state index in [1.165, 1.54) is 0 Å². The van der Waals surface area contributed by atoms with Gasteiger partial charge in [-0.3, -0.25) is 9.89 Å². The van der Waals surface area contributed by atoms with Crippen molar-refractivity contribution < 1.29 is 4.79 Å². The molecule has 1 aromatic heterocycles. The minimum absolute atomic E-state index is 0.101. The van der Waals surface area contributed by atoms with Crippen LogP contribution in [0.1, 0.15) is 50.6 Å². The Hall–Kier alpha value is -1.39. The van der Waals surface area contributed by atoms with Crippen molar-refractivity contribution >= 4 is 5.91 Å². The molecule has 5 nitrogen and oxygen atoms in total. The van der Waals surface area contributed by atoms with Crippen LogP contribution in [0.2, 0.25) is 0 Å². The number of nitrogens with one attached hydrogen (secondary N) is 1. The van der Waals surface area contributed by atoms with Crippen LogP contribution in [-0.4, -0.2) is 38.6 Å². The van der Waals surface area contributed by atoms with E-state index < -0.39 is 0 Å². The highest BCUT2D eigenvalue weighted by Crippen LogP contribution is 2.05. The zero-order valence-electron chi connectivity index (χ0n) is 10.4. The molecule has 0 saturated carbocycles. The van der Waals surface area contributed by atoms with Crippen LogP contribution in [0.5, 0.6) is 0 Å². The lowest BCUT2D eigenvalue weighted by molar-refractivity contribution is 0.0704. The SMILES string of the molecule is CCCc1nc(C(=O)N(CC)C(C)C)n[nH]1. The third-order valence-electron chi connectivity index (χ3n) is 2.43. The molecule has 0 saturated heterocycles. The first-order chi connectivity index (χ1) is 7.60. The summed E-state index contributed by atoms with van der Waals surface area (Å²) >= 11 is 0. The van der Waals surface area contributed by atoms with Gasteiger partial charge in [-0.1, -0.05) is 6.92 Å². The smallest absolute Gasteiger partial charge is 0.293 e. The Morgan fingerprint density at radius 1 is 1.44 bits per heavy atom. The summed E-state index contributed by atoms with van der Waals surface area (Å²) in [7, 11) is 0. The molecular weight excluding hydrogens is 204 g/mol. The van der Waals surface area contributed by atoms with E-state index in [1.807, 2.05) is 20.8 Å². The molecule has 90 valence electrons. The van der Waals surface area contributed by atoms with Crippen LogP contribution in [0.3, 0.4) is 0 Å². The zero-order chi connectivity index (χ0) is 12.1. The standard InChI is InChI=1S/C11H20N4O/c1-5-7-9-12-10(14-13-9)11(16)15(6-2)8(3)4/h8H,5-7H2,1-4H3,(H,12,13,14). The largest absolute Gasteiger partial charge is 0.334 e. The average molecular weight is 224 g/mol. The molecule has 0 unspecified atom stereocenters. The first kappa shape index (κ1) is 12.7. The summed E-state index contributed by atoms with van der Waals surface area (Å²) in [6.45, 7) is 8.67. The van der Waals surface area contributed by atoms with Gasteiger partial charge in [-0.2, -0.15) is 0 Å². The molecule has 0 aliphatic carbocycles. The number of rotatable bonds is 5. The highest BCUT2D eigenvalue weighted by atomic mass is 16.2. The van der Waals surface area contributed by atoms with Gasteiger partial charge in [0.25, 0.3) is 5.91 Å². The van der Waals surface area contributed by atoms with Crippen molar-refractivity contribution in [1.82, 2.24) is 20.1 Å². The molecule has 1 aromatic rings. The van der Waals surface area contributed by atoms with Crippen molar-refractivity contribution in [3.8, 4) is 0 Å². The van der Waals surface area contributed by atoms with Crippen LogP contribution >= 0.6 is 0 Å². The molecule has 0 aliphatic rings. The second kappa shape index (κ2) is 5.63. The minimum Gasteiger partial charge on any atom is -0.334 e. The fourth-order valence-electron chi connectivity index (χ4n) is 1.61. The molecule has 1 amide bonds. The lowest BCUT2D eigenvalue weighted by Crippen LogP contribution is -2.37. The Kier molecular flexibility index (Phi) is 4.46.